The number of hydrogen-bond donors (Lipinski definition) is 1. The lowest BCUT2D eigenvalue weighted by Gasteiger charge is -1.84. The third-order valence-corrected chi connectivity index (χ3v) is 0.851. The fourth-order valence-corrected chi connectivity index (χ4v) is 0.403. The van der Waals surface area contributed by atoms with Crippen molar-refractivity contribution < 1.29 is 9.90 Å². The molecule has 0 atom stereocenters. The van der Waals surface area contributed by atoms with Crippen molar-refractivity contribution in [2.24, 2.45) is 0 Å². The van der Waals surface area contributed by atoms with Gasteiger partial charge in [0, 0.05) is 0 Å². The molecule has 0 saturated heterocycles. The van der Waals surface area contributed by atoms with Crippen LogP contribution in [0.2, 0.25) is 0 Å². The highest BCUT2D eigenvalue weighted by atomic mass is 16.2. The van der Waals surface area contributed by atoms with Crippen LogP contribution in [-0.4, -0.2) is 18.0 Å². The summed E-state index contributed by atoms with van der Waals surface area (Å²) in [4.78, 5) is 9.74. The van der Waals surface area contributed by atoms with E-state index in [1.54, 1.807) is 12.2 Å². The number of carbonyl (C=O) groups is 1. The fraction of sp³-hybridized carbons (Fsp3) is 0.286. The average Bonchev–Trinajstić information content (AvgIpc) is 1.85. The van der Waals surface area contributed by atoms with Gasteiger partial charge in [-0.15, -0.1) is 0 Å². The first-order chi connectivity index (χ1) is 4.31. The second kappa shape index (κ2) is 5.25. The molecular formula is C7H10O2. The Bertz CT molecular complexity index is 134. The predicted molar refractivity (Wildman–Crippen MR) is 36.0 cm³/mol. The number of rotatable bonds is 3. The summed E-state index contributed by atoms with van der Waals surface area (Å²) in [6, 6.07) is 0. The van der Waals surface area contributed by atoms with E-state index in [9.17, 15) is 4.79 Å². The molecule has 0 radical (unpaired) electrons. The van der Waals surface area contributed by atoms with E-state index >= 15 is 0 Å². The largest absolute Gasteiger partial charge is 0.392 e. The van der Waals surface area contributed by atoms with Crippen LogP contribution < -0.4 is 0 Å². The van der Waals surface area contributed by atoms with Crippen LogP contribution in [0.5, 0.6) is 0 Å². The SMILES string of the molecule is CC(C=CC=O)=CCO. The first-order valence-corrected chi connectivity index (χ1v) is 2.70. The molecule has 0 aliphatic heterocycles. The normalized spacial score (nSPS) is 12.4. The quantitative estimate of drug-likeness (QED) is 0.343. The molecule has 2 heteroatoms. The van der Waals surface area contributed by atoms with Crippen molar-refractivity contribution >= 4 is 6.29 Å². The zero-order valence-corrected chi connectivity index (χ0v) is 5.37. The molecule has 0 saturated carbocycles. The van der Waals surface area contributed by atoms with E-state index in [0.29, 0.717) is 6.29 Å². The van der Waals surface area contributed by atoms with Crippen molar-refractivity contribution in [2.45, 2.75) is 6.92 Å². The first kappa shape index (κ1) is 8.11. The molecule has 0 aromatic carbocycles. The first-order valence-electron chi connectivity index (χ1n) is 2.70. The molecule has 0 rings (SSSR count). The smallest absolute Gasteiger partial charge is 0.142 e. The van der Waals surface area contributed by atoms with Gasteiger partial charge in [-0.2, -0.15) is 0 Å². The van der Waals surface area contributed by atoms with E-state index in [-0.39, 0.29) is 6.61 Å². The summed E-state index contributed by atoms with van der Waals surface area (Å²) >= 11 is 0. The molecule has 0 aromatic heterocycles. The maximum Gasteiger partial charge on any atom is 0.142 e. The Labute approximate surface area is 54.5 Å². The number of aliphatic hydroxyl groups excluding tert-OH is 1. The molecule has 0 unspecified atom stereocenters. The molecule has 0 aliphatic rings. The van der Waals surface area contributed by atoms with Crippen LogP contribution in [0.1, 0.15) is 6.92 Å². The second-order valence-corrected chi connectivity index (χ2v) is 1.63. The summed E-state index contributed by atoms with van der Waals surface area (Å²) < 4.78 is 0. The highest BCUT2D eigenvalue weighted by Gasteiger charge is 1.76. The Morgan fingerprint density at radius 2 is 2.33 bits per heavy atom. The Kier molecular flexibility index (Phi) is 4.73. The lowest BCUT2D eigenvalue weighted by molar-refractivity contribution is -0.104. The van der Waals surface area contributed by atoms with Crippen LogP contribution in [0.15, 0.2) is 23.8 Å². The van der Waals surface area contributed by atoms with Crippen LogP contribution in [0, 0.1) is 0 Å². The average molecular weight is 126 g/mol. The lowest BCUT2D eigenvalue weighted by Crippen LogP contribution is -1.75. The summed E-state index contributed by atoms with van der Waals surface area (Å²) in [5.41, 5.74) is 0.893. The van der Waals surface area contributed by atoms with Crippen molar-refractivity contribution in [1.82, 2.24) is 0 Å². The number of aldehydes is 1. The molecule has 2 nitrogen and oxygen atoms in total. The maximum absolute atomic E-state index is 9.74. The summed E-state index contributed by atoms with van der Waals surface area (Å²) in [5, 5.41) is 8.34. The highest BCUT2D eigenvalue weighted by Crippen LogP contribution is 1.91. The van der Waals surface area contributed by atoms with E-state index < -0.39 is 0 Å². The molecule has 0 spiro atoms. The third kappa shape index (κ3) is 4.97. The van der Waals surface area contributed by atoms with Crippen LogP contribution in [0.4, 0.5) is 0 Å². The summed E-state index contributed by atoms with van der Waals surface area (Å²) in [6.45, 7) is 1.84. The van der Waals surface area contributed by atoms with E-state index in [2.05, 4.69) is 0 Å². The van der Waals surface area contributed by atoms with Gasteiger partial charge in [0.25, 0.3) is 0 Å². The van der Waals surface area contributed by atoms with Crippen molar-refractivity contribution in [2.75, 3.05) is 6.61 Å². The summed E-state index contributed by atoms with van der Waals surface area (Å²) in [6.07, 6.45) is 5.36. The number of aliphatic hydroxyl groups is 1. The van der Waals surface area contributed by atoms with E-state index in [0.717, 1.165) is 5.57 Å². The highest BCUT2D eigenvalue weighted by molar-refractivity contribution is 5.65. The molecule has 0 bridgehead atoms. The Morgan fingerprint density at radius 3 is 2.78 bits per heavy atom. The van der Waals surface area contributed by atoms with Gasteiger partial charge in [-0.1, -0.05) is 17.7 Å². The molecule has 0 heterocycles. The zero-order valence-electron chi connectivity index (χ0n) is 5.37. The zero-order chi connectivity index (χ0) is 7.11. The van der Waals surface area contributed by atoms with Crippen molar-refractivity contribution in [1.29, 1.82) is 0 Å². The second-order valence-electron chi connectivity index (χ2n) is 1.63. The Balaban J connectivity index is 3.74. The summed E-state index contributed by atoms with van der Waals surface area (Å²) in [5.74, 6) is 0. The third-order valence-electron chi connectivity index (χ3n) is 0.851. The minimum atomic E-state index is 0.0228. The van der Waals surface area contributed by atoms with Gasteiger partial charge < -0.3 is 5.11 Å². The van der Waals surface area contributed by atoms with Crippen molar-refractivity contribution in [3.63, 3.8) is 0 Å². The van der Waals surface area contributed by atoms with Gasteiger partial charge in [0.1, 0.15) is 6.29 Å². The number of allylic oxidation sites excluding steroid dienone is 3. The van der Waals surface area contributed by atoms with Crippen molar-refractivity contribution in [3.05, 3.63) is 23.8 Å². The maximum atomic E-state index is 9.74. The lowest BCUT2D eigenvalue weighted by atomic mass is 10.3. The van der Waals surface area contributed by atoms with E-state index in [1.807, 2.05) is 6.92 Å². The minimum absolute atomic E-state index is 0.0228. The van der Waals surface area contributed by atoms with E-state index in [4.69, 9.17) is 5.11 Å². The Morgan fingerprint density at radius 1 is 1.67 bits per heavy atom. The van der Waals surface area contributed by atoms with Crippen molar-refractivity contribution in [3.8, 4) is 0 Å². The monoisotopic (exact) mass is 126 g/mol. The van der Waals surface area contributed by atoms with Gasteiger partial charge in [0.05, 0.1) is 6.61 Å². The van der Waals surface area contributed by atoms with Gasteiger partial charge in [0.15, 0.2) is 0 Å². The molecule has 0 aliphatic carbocycles. The summed E-state index contributed by atoms with van der Waals surface area (Å²) in [7, 11) is 0. The van der Waals surface area contributed by atoms with Gasteiger partial charge in [-0.25, -0.2) is 0 Å². The number of hydrogen-bond acceptors (Lipinski definition) is 2. The van der Waals surface area contributed by atoms with E-state index in [1.165, 1.54) is 6.08 Å². The van der Waals surface area contributed by atoms with Crippen LogP contribution in [0.3, 0.4) is 0 Å². The molecule has 9 heavy (non-hydrogen) atoms. The van der Waals surface area contributed by atoms with Gasteiger partial charge in [-0.05, 0) is 13.0 Å². The molecule has 0 amide bonds. The van der Waals surface area contributed by atoms with Gasteiger partial charge in [0.2, 0.25) is 0 Å². The fourth-order valence-electron chi connectivity index (χ4n) is 0.403. The molecule has 50 valence electrons. The predicted octanol–water partition coefficient (Wildman–Crippen LogP) is 0.680. The molecule has 1 N–H and O–H groups in total. The molecular weight excluding hydrogens is 116 g/mol. The number of carbonyl (C=O) groups excluding carboxylic acids is 1. The molecule has 0 aromatic rings. The standard InChI is InChI=1S/C7H10O2/c1-7(4-6-9)3-2-5-8/h2-5,9H,6H2,1H3. The van der Waals surface area contributed by atoms with Crippen LogP contribution >= 0.6 is 0 Å². The minimum Gasteiger partial charge on any atom is -0.392 e. The van der Waals surface area contributed by atoms with Crippen LogP contribution in [-0.2, 0) is 4.79 Å². The topological polar surface area (TPSA) is 37.3 Å². The van der Waals surface area contributed by atoms with Crippen LogP contribution in [0.25, 0.3) is 0 Å². The van der Waals surface area contributed by atoms with Gasteiger partial charge >= 0.3 is 0 Å². The Hall–Kier alpha value is -0.890. The molecule has 0 fully saturated rings. The van der Waals surface area contributed by atoms with Gasteiger partial charge in [-0.3, -0.25) is 4.79 Å².